The number of para-hydroxylation sites is 2. The van der Waals surface area contributed by atoms with Crippen molar-refractivity contribution in [2.45, 2.75) is 0 Å². The predicted octanol–water partition coefficient (Wildman–Crippen LogP) is 12.0. The van der Waals surface area contributed by atoms with Crippen molar-refractivity contribution in [3.63, 3.8) is 0 Å². The van der Waals surface area contributed by atoms with Crippen LogP contribution in [-0.2, 0) is 0 Å². The summed E-state index contributed by atoms with van der Waals surface area (Å²) in [6, 6.07) is 55.7. The number of hydrogen-bond acceptors (Lipinski definition) is 5. The largest absolute Gasteiger partial charge is 0.456 e. The Hall–Kier alpha value is -6.85. The molecule has 0 bridgehead atoms. The quantitative estimate of drug-likeness (QED) is 0.187. The normalized spacial score (nSPS) is 11.6. The minimum absolute atomic E-state index is 0.542. The molecule has 0 atom stereocenters. The molecule has 5 nitrogen and oxygen atoms in total. The first-order valence-electron chi connectivity index (χ1n) is 16.6. The molecule has 50 heavy (non-hydrogen) atoms. The van der Waals surface area contributed by atoms with Gasteiger partial charge in [0.2, 0.25) is 0 Å². The van der Waals surface area contributed by atoms with E-state index in [1.165, 1.54) is 11.1 Å². The van der Waals surface area contributed by atoms with Crippen molar-refractivity contribution in [2.75, 3.05) is 0 Å². The molecular weight excluding hydrogens is 615 g/mol. The number of furan rings is 2. The van der Waals surface area contributed by atoms with E-state index in [0.29, 0.717) is 17.5 Å². The Kier molecular flexibility index (Phi) is 6.42. The Morgan fingerprint density at radius 1 is 0.300 bits per heavy atom. The van der Waals surface area contributed by atoms with Crippen LogP contribution >= 0.6 is 0 Å². The molecule has 0 radical (unpaired) electrons. The third kappa shape index (κ3) is 4.60. The number of benzene rings is 7. The van der Waals surface area contributed by atoms with Gasteiger partial charge >= 0.3 is 0 Å². The van der Waals surface area contributed by atoms with E-state index in [2.05, 4.69) is 72.8 Å². The van der Waals surface area contributed by atoms with Crippen molar-refractivity contribution < 1.29 is 8.83 Å². The van der Waals surface area contributed by atoms with Crippen LogP contribution in [0.15, 0.2) is 173 Å². The van der Waals surface area contributed by atoms with Gasteiger partial charge in [-0.2, -0.15) is 0 Å². The molecule has 10 aromatic rings. The number of rotatable bonds is 5. The second kappa shape index (κ2) is 11.4. The number of fused-ring (bicyclic) bond motifs is 6. The number of aromatic nitrogens is 3. The summed E-state index contributed by atoms with van der Waals surface area (Å²) in [5.41, 5.74) is 10.3. The average Bonchev–Trinajstić information content (AvgIpc) is 3.77. The molecule has 5 heteroatoms. The highest BCUT2D eigenvalue weighted by atomic mass is 16.3. The molecule has 234 valence electrons. The summed E-state index contributed by atoms with van der Waals surface area (Å²) in [6.45, 7) is 0. The molecule has 3 aromatic heterocycles. The monoisotopic (exact) mass is 641 g/mol. The molecule has 0 unspecified atom stereocenters. The lowest BCUT2D eigenvalue weighted by atomic mass is 9.95. The summed E-state index contributed by atoms with van der Waals surface area (Å²) in [5, 5.41) is 4.06. The predicted molar refractivity (Wildman–Crippen MR) is 202 cm³/mol. The number of hydrogen-bond donors (Lipinski definition) is 0. The maximum atomic E-state index is 6.50. The second-order valence-corrected chi connectivity index (χ2v) is 12.4. The van der Waals surface area contributed by atoms with Crippen LogP contribution < -0.4 is 0 Å². The van der Waals surface area contributed by atoms with Crippen molar-refractivity contribution in [1.82, 2.24) is 15.0 Å². The van der Waals surface area contributed by atoms with Crippen LogP contribution in [0.2, 0.25) is 0 Å². The van der Waals surface area contributed by atoms with E-state index in [1.807, 2.05) is 91.0 Å². The first-order valence-corrected chi connectivity index (χ1v) is 16.6. The Morgan fingerprint density at radius 3 is 1.56 bits per heavy atom. The molecule has 10 rings (SSSR count). The molecule has 0 aliphatic heterocycles. The smallest absolute Gasteiger partial charge is 0.167 e. The Bertz CT molecular complexity index is 2850. The highest BCUT2D eigenvalue weighted by molar-refractivity contribution is 6.17. The van der Waals surface area contributed by atoms with Gasteiger partial charge in [0.15, 0.2) is 17.5 Å². The lowest BCUT2D eigenvalue weighted by Gasteiger charge is -2.10. The van der Waals surface area contributed by atoms with Crippen molar-refractivity contribution in [3.8, 4) is 56.4 Å². The first kappa shape index (κ1) is 28.2. The maximum Gasteiger partial charge on any atom is 0.167 e. The maximum absolute atomic E-state index is 6.50. The zero-order valence-corrected chi connectivity index (χ0v) is 26.7. The van der Waals surface area contributed by atoms with Crippen LogP contribution in [0.1, 0.15) is 0 Å². The minimum atomic E-state index is 0.542. The molecule has 3 heterocycles. The minimum Gasteiger partial charge on any atom is -0.456 e. The van der Waals surface area contributed by atoms with Crippen LogP contribution in [-0.4, -0.2) is 15.0 Å². The zero-order valence-electron chi connectivity index (χ0n) is 26.7. The third-order valence-electron chi connectivity index (χ3n) is 9.38. The Labute approximate surface area is 287 Å². The van der Waals surface area contributed by atoms with Gasteiger partial charge in [-0.05, 0) is 46.5 Å². The summed E-state index contributed by atoms with van der Waals surface area (Å²) in [6.07, 6.45) is 0. The van der Waals surface area contributed by atoms with Crippen LogP contribution in [0.4, 0.5) is 0 Å². The van der Waals surface area contributed by atoms with Crippen LogP contribution in [0, 0.1) is 0 Å². The van der Waals surface area contributed by atoms with Gasteiger partial charge < -0.3 is 8.83 Å². The van der Waals surface area contributed by atoms with E-state index < -0.39 is 0 Å². The fraction of sp³-hybridized carbons (Fsp3) is 0. The SMILES string of the molecule is c1ccc(-c2ccc(-c3cccc4oc5cccc(-c6nc(-c7ccccc7)nc(-c7cccc8c7oc7ccccc78)n6)c5c34)cc2)cc1. The molecule has 0 amide bonds. The van der Waals surface area contributed by atoms with E-state index in [4.69, 9.17) is 23.8 Å². The lowest BCUT2D eigenvalue weighted by Crippen LogP contribution is -2.00. The number of nitrogens with zero attached hydrogens (tertiary/aromatic N) is 3. The van der Waals surface area contributed by atoms with E-state index in [9.17, 15) is 0 Å². The van der Waals surface area contributed by atoms with Crippen LogP contribution in [0.3, 0.4) is 0 Å². The first-order chi connectivity index (χ1) is 24.8. The molecule has 0 aliphatic carbocycles. The van der Waals surface area contributed by atoms with Crippen molar-refractivity contribution >= 4 is 43.9 Å². The van der Waals surface area contributed by atoms with Crippen LogP contribution in [0.5, 0.6) is 0 Å². The van der Waals surface area contributed by atoms with E-state index in [0.717, 1.165) is 71.7 Å². The third-order valence-corrected chi connectivity index (χ3v) is 9.38. The highest BCUT2D eigenvalue weighted by Gasteiger charge is 2.21. The molecule has 7 aromatic carbocycles. The summed E-state index contributed by atoms with van der Waals surface area (Å²) in [5.74, 6) is 1.68. The molecule has 0 fully saturated rings. The Balaban J connectivity index is 1.20. The topological polar surface area (TPSA) is 65.0 Å². The molecule has 0 saturated heterocycles. The van der Waals surface area contributed by atoms with Gasteiger partial charge in [0.1, 0.15) is 22.3 Å². The molecule has 0 spiro atoms. The molecule has 0 aliphatic rings. The van der Waals surface area contributed by atoms with Crippen molar-refractivity contribution in [1.29, 1.82) is 0 Å². The van der Waals surface area contributed by atoms with Gasteiger partial charge in [0.25, 0.3) is 0 Å². The highest BCUT2D eigenvalue weighted by Crippen LogP contribution is 2.42. The molecule has 0 N–H and O–H groups in total. The summed E-state index contributed by atoms with van der Waals surface area (Å²) in [4.78, 5) is 15.3. The molecule has 0 saturated carbocycles. The molecular formula is C45H27N3O2. The average molecular weight is 642 g/mol. The van der Waals surface area contributed by atoms with E-state index in [-0.39, 0.29) is 0 Å². The zero-order chi connectivity index (χ0) is 33.0. The standard InChI is InChI=1S/C45H27N3O2/c1-3-12-28(13-4-1)29-24-26-30(27-25-29)32-17-10-22-38-40(32)41-35(19-11-23-39(41)49-38)44-46-43(31-14-5-2-6-15-31)47-45(48-44)36-20-9-18-34-33-16-7-8-21-37(33)50-42(34)36/h1-27H. The second-order valence-electron chi connectivity index (χ2n) is 12.4. The van der Waals surface area contributed by atoms with E-state index >= 15 is 0 Å². The Morgan fingerprint density at radius 2 is 0.800 bits per heavy atom. The van der Waals surface area contributed by atoms with Crippen molar-refractivity contribution in [3.05, 3.63) is 164 Å². The fourth-order valence-electron chi connectivity index (χ4n) is 7.02. The van der Waals surface area contributed by atoms with Gasteiger partial charge in [-0.3, -0.25) is 0 Å². The van der Waals surface area contributed by atoms with Crippen LogP contribution in [0.25, 0.3) is 100 Å². The summed E-state index contributed by atoms with van der Waals surface area (Å²) < 4.78 is 12.9. The summed E-state index contributed by atoms with van der Waals surface area (Å²) >= 11 is 0. The van der Waals surface area contributed by atoms with Crippen molar-refractivity contribution in [2.24, 2.45) is 0 Å². The van der Waals surface area contributed by atoms with Gasteiger partial charge in [-0.15, -0.1) is 0 Å². The van der Waals surface area contributed by atoms with Gasteiger partial charge in [0, 0.05) is 32.7 Å². The summed E-state index contributed by atoms with van der Waals surface area (Å²) in [7, 11) is 0. The van der Waals surface area contributed by atoms with Gasteiger partial charge in [-0.1, -0.05) is 140 Å². The van der Waals surface area contributed by atoms with Gasteiger partial charge in [-0.25, -0.2) is 15.0 Å². The van der Waals surface area contributed by atoms with E-state index in [1.54, 1.807) is 0 Å². The lowest BCUT2D eigenvalue weighted by molar-refractivity contribution is 0.668. The fourth-order valence-corrected chi connectivity index (χ4v) is 7.02. The van der Waals surface area contributed by atoms with Gasteiger partial charge in [0.05, 0.1) is 5.56 Å².